The smallest absolute Gasteiger partial charge is 0.256 e. The van der Waals surface area contributed by atoms with Crippen molar-refractivity contribution in [3.8, 4) is 0 Å². The summed E-state index contributed by atoms with van der Waals surface area (Å²) in [7, 11) is 0. The first-order valence-electron chi connectivity index (χ1n) is 8.34. The molecule has 1 amide bonds. The average Bonchev–Trinajstić information content (AvgIpc) is 3.04. The number of aryl methyl sites for hydroxylation is 1. The number of fused-ring (bicyclic) bond motifs is 2. The number of carbonyl (C=O) groups is 1. The number of rotatable bonds is 2. The van der Waals surface area contributed by atoms with Gasteiger partial charge in [0.05, 0.1) is 5.92 Å². The van der Waals surface area contributed by atoms with E-state index in [0.29, 0.717) is 11.3 Å². The molecule has 2 aliphatic heterocycles. The first-order chi connectivity index (χ1) is 11.9. The molecule has 0 unspecified atom stereocenters. The van der Waals surface area contributed by atoms with Crippen LogP contribution in [0.4, 0.5) is 5.69 Å². The van der Waals surface area contributed by atoms with Crippen LogP contribution < -0.4 is 10.6 Å². The van der Waals surface area contributed by atoms with Gasteiger partial charge in [-0.15, -0.1) is 0 Å². The first-order valence-corrected chi connectivity index (χ1v) is 8.34. The number of benzene rings is 2. The Labute approximate surface area is 145 Å². The van der Waals surface area contributed by atoms with Crippen LogP contribution in [0.25, 0.3) is 0 Å². The van der Waals surface area contributed by atoms with Crippen LogP contribution in [0, 0.1) is 17.0 Å². The van der Waals surface area contributed by atoms with Gasteiger partial charge in [-0.25, -0.2) is 0 Å². The highest BCUT2D eigenvalue weighted by Gasteiger charge is 2.67. The van der Waals surface area contributed by atoms with Crippen LogP contribution in [-0.2, 0) is 10.3 Å². The normalized spacial score (nSPS) is 30.3. The lowest BCUT2D eigenvalue weighted by Gasteiger charge is -2.25. The van der Waals surface area contributed by atoms with E-state index in [0.717, 1.165) is 11.1 Å². The molecule has 128 valence electrons. The minimum absolute atomic E-state index is 0.213. The SMILES string of the molecule is Cc1ccc([C@@H]2[C@H](C)N[C@@]3(C(=O)Nc4ccccc43)[C@@H]2[N+](=O)[O-])cc1. The van der Waals surface area contributed by atoms with Crippen LogP contribution in [0.2, 0.25) is 0 Å². The molecule has 0 saturated carbocycles. The van der Waals surface area contributed by atoms with Crippen LogP contribution in [0.15, 0.2) is 48.5 Å². The molecule has 2 aliphatic rings. The van der Waals surface area contributed by atoms with Crippen LogP contribution in [-0.4, -0.2) is 22.9 Å². The molecule has 0 aromatic heterocycles. The third-order valence-corrected chi connectivity index (χ3v) is 5.43. The quantitative estimate of drug-likeness (QED) is 0.651. The fourth-order valence-corrected chi connectivity index (χ4v) is 4.34. The monoisotopic (exact) mass is 337 g/mol. The van der Waals surface area contributed by atoms with E-state index in [9.17, 15) is 14.9 Å². The molecule has 0 bridgehead atoms. The molecule has 0 aliphatic carbocycles. The zero-order chi connectivity index (χ0) is 17.8. The highest BCUT2D eigenvalue weighted by Crippen LogP contribution is 2.49. The zero-order valence-electron chi connectivity index (χ0n) is 14.0. The van der Waals surface area contributed by atoms with E-state index in [1.54, 1.807) is 12.1 Å². The summed E-state index contributed by atoms with van der Waals surface area (Å²) in [6.45, 7) is 3.89. The largest absolute Gasteiger partial charge is 0.324 e. The lowest BCUT2D eigenvalue weighted by Crippen LogP contribution is -2.54. The summed E-state index contributed by atoms with van der Waals surface area (Å²) in [6, 6.07) is 13.7. The average molecular weight is 337 g/mol. The van der Waals surface area contributed by atoms with Gasteiger partial charge in [0, 0.05) is 22.2 Å². The Bertz CT molecular complexity index is 864. The maximum Gasteiger partial charge on any atom is 0.256 e. The minimum Gasteiger partial charge on any atom is -0.324 e. The molecule has 1 saturated heterocycles. The van der Waals surface area contributed by atoms with Crippen LogP contribution in [0.3, 0.4) is 0 Å². The van der Waals surface area contributed by atoms with Crippen molar-refractivity contribution in [3.05, 3.63) is 75.3 Å². The first kappa shape index (κ1) is 15.8. The fourth-order valence-electron chi connectivity index (χ4n) is 4.34. The highest BCUT2D eigenvalue weighted by molar-refractivity contribution is 6.07. The summed E-state index contributed by atoms with van der Waals surface area (Å²) in [4.78, 5) is 24.7. The molecular weight excluding hydrogens is 318 g/mol. The molecule has 4 rings (SSSR count). The second-order valence-electron chi connectivity index (χ2n) is 6.91. The van der Waals surface area contributed by atoms with Crippen molar-refractivity contribution in [2.75, 3.05) is 5.32 Å². The van der Waals surface area contributed by atoms with E-state index < -0.39 is 17.5 Å². The van der Waals surface area contributed by atoms with Crippen molar-refractivity contribution >= 4 is 11.6 Å². The molecule has 2 aromatic rings. The van der Waals surface area contributed by atoms with Crippen molar-refractivity contribution < 1.29 is 9.72 Å². The number of para-hydroxylation sites is 1. The second-order valence-corrected chi connectivity index (χ2v) is 6.91. The van der Waals surface area contributed by atoms with Gasteiger partial charge in [0.2, 0.25) is 0 Å². The zero-order valence-corrected chi connectivity index (χ0v) is 14.0. The highest BCUT2D eigenvalue weighted by atomic mass is 16.6. The topological polar surface area (TPSA) is 84.3 Å². The number of carbonyl (C=O) groups excluding carboxylic acids is 1. The third-order valence-electron chi connectivity index (χ3n) is 5.43. The fraction of sp³-hybridized carbons (Fsp3) is 0.316. The van der Waals surface area contributed by atoms with Gasteiger partial charge in [-0.1, -0.05) is 48.0 Å². The van der Waals surface area contributed by atoms with Crippen LogP contribution in [0.1, 0.15) is 29.5 Å². The lowest BCUT2D eigenvalue weighted by molar-refractivity contribution is -0.532. The second kappa shape index (κ2) is 5.39. The minimum atomic E-state index is -1.34. The Hall–Kier alpha value is -2.73. The molecule has 2 N–H and O–H groups in total. The molecular formula is C19H19N3O3. The summed E-state index contributed by atoms with van der Waals surface area (Å²) in [5.74, 6) is -0.746. The molecule has 1 fully saturated rings. The van der Waals surface area contributed by atoms with Crippen molar-refractivity contribution in [2.24, 2.45) is 0 Å². The van der Waals surface area contributed by atoms with E-state index in [-0.39, 0.29) is 16.9 Å². The predicted octanol–water partition coefficient (Wildman–Crippen LogP) is 2.56. The Balaban J connectivity index is 1.89. The molecule has 0 radical (unpaired) electrons. The number of nitro groups is 1. The summed E-state index contributed by atoms with van der Waals surface area (Å²) in [6.07, 6.45) is 0. The van der Waals surface area contributed by atoms with Crippen LogP contribution >= 0.6 is 0 Å². The number of hydrogen-bond donors (Lipinski definition) is 2. The summed E-state index contributed by atoms with van der Waals surface area (Å²) < 4.78 is 0. The predicted molar refractivity (Wildman–Crippen MR) is 94.0 cm³/mol. The van der Waals surface area contributed by atoms with E-state index in [1.165, 1.54) is 0 Å². The van der Waals surface area contributed by atoms with Crippen molar-refractivity contribution in [2.45, 2.75) is 37.4 Å². The molecule has 6 heteroatoms. The van der Waals surface area contributed by atoms with Crippen LogP contribution in [0.5, 0.6) is 0 Å². The van der Waals surface area contributed by atoms with Gasteiger partial charge >= 0.3 is 0 Å². The number of nitrogens with one attached hydrogen (secondary N) is 2. The summed E-state index contributed by atoms with van der Waals surface area (Å²) in [5, 5.41) is 18.2. The van der Waals surface area contributed by atoms with Gasteiger partial charge in [0.15, 0.2) is 5.54 Å². The number of amides is 1. The Morgan fingerprint density at radius 3 is 2.48 bits per heavy atom. The van der Waals surface area contributed by atoms with E-state index >= 15 is 0 Å². The molecule has 1 spiro atoms. The number of anilines is 1. The number of hydrogen-bond acceptors (Lipinski definition) is 4. The molecule has 2 aromatic carbocycles. The van der Waals surface area contributed by atoms with Gasteiger partial charge in [-0.05, 0) is 25.5 Å². The molecule has 25 heavy (non-hydrogen) atoms. The van der Waals surface area contributed by atoms with Gasteiger partial charge < -0.3 is 5.32 Å². The van der Waals surface area contributed by atoms with Crippen molar-refractivity contribution in [3.63, 3.8) is 0 Å². The number of nitrogens with zero attached hydrogens (tertiary/aromatic N) is 1. The third kappa shape index (κ3) is 2.10. The van der Waals surface area contributed by atoms with Gasteiger partial charge in [0.1, 0.15) is 0 Å². The Morgan fingerprint density at radius 1 is 1.12 bits per heavy atom. The Kier molecular flexibility index (Phi) is 3.40. The lowest BCUT2D eigenvalue weighted by atomic mass is 9.78. The summed E-state index contributed by atoms with van der Waals surface area (Å²) >= 11 is 0. The molecule has 6 nitrogen and oxygen atoms in total. The van der Waals surface area contributed by atoms with Crippen molar-refractivity contribution in [1.29, 1.82) is 0 Å². The van der Waals surface area contributed by atoms with E-state index in [2.05, 4.69) is 10.6 Å². The maximum absolute atomic E-state index is 12.9. The van der Waals surface area contributed by atoms with E-state index in [4.69, 9.17) is 0 Å². The Morgan fingerprint density at radius 2 is 1.80 bits per heavy atom. The molecule has 4 atom stereocenters. The van der Waals surface area contributed by atoms with E-state index in [1.807, 2.05) is 50.2 Å². The van der Waals surface area contributed by atoms with Crippen molar-refractivity contribution in [1.82, 2.24) is 5.32 Å². The standard InChI is InChI=1S/C19H19N3O3/c1-11-7-9-13(10-8-11)16-12(2)21-19(17(16)22(24)25)14-5-3-4-6-15(14)20-18(19)23/h3-10,12,16-17,21H,1-2H3,(H,20,23)/t12-,16-,17+,19+/m0/s1. The van der Waals surface area contributed by atoms with Gasteiger partial charge in [-0.2, -0.15) is 0 Å². The van der Waals surface area contributed by atoms with Gasteiger partial charge in [-0.3, -0.25) is 20.2 Å². The molecule has 2 heterocycles. The summed E-state index contributed by atoms with van der Waals surface area (Å²) in [5.41, 5.74) is 1.93. The maximum atomic E-state index is 12.9. The van der Waals surface area contributed by atoms with Gasteiger partial charge in [0.25, 0.3) is 11.9 Å².